The number of anilines is 2. The summed E-state index contributed by atoms with van der Waals surface area (Å²) in [5.74, 6) is -0.305. The van der Waals surface area contributed by atoms with E-state index in [1.165, 1.54) is 27.9 Å². The monoisotopic (exact) mass is 585 g/mol. The number of alkyl halides is 3. The lowest BCUT2D eigenvalue weighted by Crippen LogP contribution is -2.54. The average Bonchev–Trinajstić information content (AvgIpc) is 3.63. The predicted octanol–water partition coefficient (Wildman–Crippen LogP) is 1.97. The van der Waals surface area contributed by atoms with Crippen molar-refractivity contribution in [2.75, 3.05) is 38.0 Å². The van der Waals surface area contributed by atoms with Gasteiger partial charge in [-0.25, -0.2) is 9.97 Å². The van der Waals surface area contributed by atoms with E-state index >= 15 is 0 Å². The summed E-state index contributed by atoms with van der Waals surface area (Å²) >= 11 is 0. The van der Waals surface area contributed by atoms with Crippen LogP contribution in [0.2, 0.25) is 0 Å². The number of halogens is 3. The van der Waals surface area contributed by atoms with Gasteiger partial charge in [0.2, 0.25) is 0 Å². The van der Waals surface area contributed by atoms with Crippen LogP contribution in [0.5, 0.6) is 0 Å². The molecule has 1 atom stereocenters. The van der Waals surface area contributed by atoms with E-state index in [9.17, 15) is 27.6 Å². The Labute approximate surface area is 236 Å². The number of H-pyrrole nitrogens is 1. The third-order valence-corrected chi connectivity index (χ3v) is 6.93. The topological polar surface area (TPSA) is 164 Å². The first-order valence-corrected chi connectivity index (χ1v) is 12.8. The maximum Gasteiger partial charge on any atom is 0.433 e. The number of amides is 2. The van der Waals surface area contributed by atoms with Gasteiger partial charge in [0.1, 0.15) is 5.69 Å². The number of benzene rings is 1. The number of nitrogens with two attached hydrogens (primary N) is 1. The van der Waals surface area contributed by atoms with Gasteiger partial charge in [-0.3, -0.25) is 23.9 Å². The molecule has 0 aliphatic carbocycles. The minimum absolute atomic E-state index is 0.133. The van der Waals surface area contributed by atoms with Crippen molar-refractivity contribution in [2.45, 2.75) is 19.2 Å². The Balaban J connectivity index is 1.29. The second-order valence-corrected chi connectivity index (χ2v) is 9.50. The van der Waals surface area contributed by atoms with Crippen LogP contribution in [0.15, 0.2) is 43.0 Å². The number of ether oxygens (including phenoxy) is 1. The highest BCUT2D eigenvalue weighted by atomic mass is 19.4. The summed E-state index contributed by atoms with van der Waals surface area (Å²) in [6, 6.07) is 5.11. The van der Waals surface area contributed by atoms with Gasteiger partial charge >= 0.3 is 6.18 Å². The normalized spacial score (nSPS) is 14.6. The number of fused-ring (bicyclic) bond motifs is 1. The van der Waals surface area contributed by atoms with Crippen molar-refractivity contribution in [1.29, 1.82) is 0 Å². The van der Waals surface area contributed by atoms with E-state index in [0.29, 0.717) is 41.4 Å². The number of nitrogens with zero attached hydrogens (tertiary/aromatic N) is 6. The maximum absolute atomic E-state index is 13.4. The summed E-state index contributed by atoms with van der Waals surface area (Å²) in [7, 11) is 0. The van der Waals surface area contributed by atoms with Crippen LogP contribution in [0, 0.1) is 6.92 Å². The van der Waals surface area contributed by atoms with Crippen LogP contribution < -0.4 is 11.1 Å². The Hall–Kier alpha value is -4.99. The quantitative estimate of drug-likeness (QED) is 0.262. The number of imidazole rings is 1. The molecular weight excluding hydrogens is 559 g/mol. The van der Waals surface area contributed by atoms with E-state index in [1.54, 1.807) is 30.0 Å². The van der Waals surface area contributed by atoms with Crippen LogP contribution in [-0.4, -0.2) is 91.5 Å². The molecule has 220 valence electrons. The number of hydrogen-bond acceptors (Lipinski definition) is 9. The van der Waals surface area contributed by atoms with Crippen LogP contribution in [0.1, 0.15) is 21.6 Å². The van der Waals surface area contributed by atoms with Crippen LogP contribution in [0.4, 0.5) is 24.7 Å². The molecule has 1 fully saturated rings. The van der Waals surface area contributed by atoms with Crippen LogP contribution in [-0.2, 0) is 20.5 Å². The molecule has 0 bridgehead atoms. The number of carbonyl (C=O) groups excluding carboxylic acids is 3. The molecule has 1 unspecified atom stereocenters. The second-order valence-electron chi connectivity index (χ2n) is 9.50. The summed E-state index contributed by atoms with van der Waals surface area (Å²) in [5, 5.41) is 8.67. The second kappa shape index (κ2) is 11.5. The largest absolute Gasteiger partial charge is 0.453 e. The minimum atomic E-state index is -4.62. The molecule has 3 aromatic heterocycles. The molecule has 13 nitrogen and oxygen atoms in total. The van der Waals surface area contributed by atoms with E-state index in [-0.39, 0.29) is 43.3 Å². The van der Waals surface area contributed by atoms with Gasteiger partial charge in [-0.2, -0.15) is 18.3 Å². The van der Waals surface area contributed by atoms with Crippen molar-refractivity contribution in [3.8, 4) is 11.3 Å². The van der Waals surface area contributed by atoms with Crippen LogP contribution in [0.3, 0.4) is 0 Å². The SMILES string of the molecule is Cc1cc(Nc2nccn3c(-c4cn[nH]c4C(F)(F)F)cnc23)ccc1C(=O)N1CCN(C(=O)C(CN)OC=O)CC1. The molecular formula is C26H26F3N9O4. The van der Waals surface area contributed by atoms with Crippen molar-refractivity contribution in [2.24, 2.45) is 5.73 Å². The zero-order valence-electron chi connectivity index (χ0n) is 22.3. The highest BCUT2D eigenvalue weighted by Crippen LogP contribution is 2.36. The molecule has 1 aliphatic heterocycles. The average molecular weight is 586 g/mol. The Morgan fingerprint density at radius 3 is 2.57 bits per heavy atom. The fourth-order valence-corrected chi connectivity index (χ4v) is 4.81. The zero-order chi connectivity index (χ0) is 30.0. The molecule has 1 saturated heterocycles. The molecule has 1 aromatic carbocycles. The number of carbonyl (C=O) groups is 3. The van der Waals surface area contributed by atoms with Crippen molar-refractivity contribution in [3.05, 3.63) is 59.8 Å². The Bertz CT molecular complexity index is 1630. The van der Waals surface area contributed by atoms with E-state index in [0.717, 1.165) is 6.20 Å². The van der Waals surface area contributed by atoms with Gasteiger partial charge in [-0.1, -0.05) is 0 Å². The molecule has 0 spiro atoms. The first-order valence-electron chi connectivity index (χ1n) is 12.8. The number of aromatic amines is 1. The maximum atomic E-state index is 13.4. The van der Waals surface area contributed by atoms with Crippen LogP contribution >= 0.6 is 0 Å². The molecule has 0 radical (unpaired) electrons. The molecule has 1 aliphatic rings. The summed E-state index contributed by atoms with van der Waals surface area (Å²) in [6.45, 7) is 2.96. The molecule has 16 heteroatoms. The lowest BCUT2D eigenvalue weighted by Gasteiger charge is -2.36. The van der Waals surface area contributed by atoms with Gasteiger partial charge in [-0.05, 0) is 30.7 Å². The lowest BCUT2D eigenvalue weighted by atomic mass is 10.1. The Kier molecular flexibility index (Phi) is 7.80. The summed E-state index contributed by atoms with van der Waals surface area (Å²) < 4.78 is 46.5. The van der Waals surface area contributed by atoms with Gasteiger partial charge in [-0.15, -0.1) is 0 Å². The van der Waals surface area contributed by atoms with E-state index in [1.807, 2.05) is 5.10 Å². The first-order chi connectivity index (χ1) is 20.1. The number of aromatic nitrogens is 5. The van der Waals surface area contributed by atoms with Gasteiger partial charge in [0, 0.05) is 56.4 Å². The minimum Gasteiger partial charge on any atom is -0.453 e. The fourth-order valence-electron chi connectivity index (χ4n) is 4.81. The zero-order valence-corrected chi connectivity index (χ0v) is 22.3. The molecule has 4 aromatic rings. The number of hydrogen-bond donors (Lipinski definition) is 3. The molecule has 4 N–H and O–H groups in total. The van der Waals surface area contributed by atoms with Crippen LogP contribution in [0.25, 0.3) is 16.9 Å². The standard InChI is InChI=1S/C26H26F3N9O4/c1-15-10-16(2-3-17(15)24(40)36-6-8-37(9-7-36)25(41)20(11-30)42-14-39)34-22-23-32-13-19(38(23)5-4-31-22)18-12-33-35-21(18)26(27,28)29/h2-5,10,12-14,20H,6-9,11,30H2,1H3,(H,31,34)(H,33,35). The highest BCUT2D eigenvalue weighted by molar-refractivity contribution is 5.96. The Morgan fingerprint density at radius 1 is 1.17 bits per heavy atom. The molecule has 42 heavy (non-hydrogen) atoms. The number of piperazine rings is 1. The summed E-state index contributed by atoms with van der Waals surface area (Å²) in [5.41, 5.74) is 6.60. The molecule has 4 heterocycles. The van der Waals surface area contributed by atoms with Crippen molar-refractivity contribution in [1.82, 2.24) is 34.4 Å². The fraction of sp³-hybridized carbons (Fsp3) is 0.308. The predicted molar refractivity (Wildman–Crippen MR) is 143 cm³/mol. The van der Waals surface area contributed by atoms with Gasteiger partial charge in [0.05, 0.1) is 23.7 Å². The third-order valence-electron chi connectivity index (χ3n) is 6.93. The summed E-state index contributed by atoms with van der Waals surface area (Å²) in [4.78, 5) is 48.1. The molecule has 2 amide bonds. The number of aryl methyl sites for hydroxylation is 1. The molecule has 0 saturated carbocycles. The smallest absolute Gasteiger partial charge is 0.433 e. The van der Waals surface area contributed by atoms with E-state index in [2.05, 4.69) is 20.4 Å². The van der Waals surface area contributed by atoms with E-state index < -0.39 is 23.9 Å². The number of rotatable bonds is 8. The first kappa shape index (κ1) is 28.5. The summed E-state index contributed by atoms with van der Waals surface area (Å²) in [6.07, 6.45) is -0.329. The van der Waals surface area contributed by atoms with Gasteiger partial charge < -0.3 is 25.6 Å². The van der Waals surface area contributed by atoms with Crippen molar-refractivity contribution >= 4 is 35.4 Å². The van der Waals surface area contributed by atoms with Crippen molar-refractivity contribution in [3.63, 3.8) is 0 Å². The highest BCUT2D eigenvalue weighted by Gasteiger charge is 2.37. The Morgan fingerprint density at radius 2 is 1.90 bits per heavy atom. The van der Waals surface area contributed by atoms with Crippen molar-refractivity contribution < 1.29 is 32.3 Å². The van der Waals surface area contributed by atoms with Gasteiger partial charge in [0.25, 0.3) is 18.3 Å². The van der Waals surface area contributed by atoms with E-state index in [4.69, 9.17) is 10.5 Å². The lowest BCUT2D eigenvalue weighted by molar-refractivity contribution is -0.151. The third kappa shape index (κ3) is 5.47. The van der Waals surface area contributed by atoms with Gasteiger partial charge in [0.15, 0.2) is 17.6 Å². The molecule has 5 rings (SSSR count). The number of nitrogens with one attached hydrogen (secondary N) is 2.